The van der Waals surface area contributed by atoms with E-state index in [4.69, 9.17) is 27.6 Å². The monoisotopic (exact) mass is 441 g/mol. The van der Waals surface area contributed by atoms with Gasteiger partial charge in [0.1, 0.15) is 17.2 Å². The highest BCUT2D eigenvalue weighted by Crippen LogP contribution is 2.29. The van der Waals surface area contributed by atoms with Gasteiger partial charge in [0.2, 0.25) is 0 Å². The van der Waals surface area contributed by atoms with Gasteiger partial charge in [-0.05, 0) is 48.5 Å². The van der Waals surface area contributed by atoms with Gasteiger partial charge >= 0.3 is 6.03 Å². The highest BCUT2D eigenvalue weighted by Gasteiger charge is 2.35. The van der Waals surface area contributed by atoms with Crippen LogP contribution in [0.3, 0.4) is 0 Å². The number of carboxylic acid groups (broad SMARTS) is 1. The van der Waals surface area contributed by atoms with Crippen LogP contribution in [0.15, 0.2) is 64.7 Å². The van der Waals surface area contributed by atoms with Crippen molar-refractivity contribution in [2.24, 2.45) is 0 Å². The van der Waals surface area contributed by atoms with E-state index in [0.29, 0.717) is 22.0 Å². The van der Waals surface area contributed by atoms with E-state index in [1.165, 1.54) is 24.3 Å². The first-order valence-electron chi connectivity index (χ1n) is 8.57. The van der Waals surface area contributed by atoms with E-state index in [-0.39, 0.29) is 22.0 Å². The number of anilines is 1. The Labute approximate surface area is 180 Å². The fourth-order valence-corrected chi connectivity index (χ4v) is 3.33. The molecule has 1 fully saturated rings. The van der Waals surface area contributed by atoms with Crippen molar-refractivity contribution in [2.45, 2.75) is 0 Å². The first kappa shape index (κ1) is 19.8. The Morgan fingerprint density at radius 1 is 1.07 bits per heavy atom. The van der Waals surface area contributed by atoms with Gasteiger partial charge in [0.05, 0.1) is 11.7 Å². The van der Waals surface area contributed by atoms with Crippen molar-refractivity contribution in [3.63, 3.8) is 0 Å². The van der Waals surface area contributed by atoms with Gasteiger partial charge in [-0.3, -0.25) is 4.79 Å². The fraction of sp³-hybridized carbons (Fsp3) is 0. The molecule has 150 valence electrons. The lowest BCUT2D eigenvalue weighted by atomic mass is 10.1. The van der Waals surface area contributed by atoms with Gasteiger partial charge in [-0.2, -0.15) is 0 Å². The number of hydrogen-bond donors (Lipinski definition) is 1. The Kier molecular flexibility index (Phi) is 5.07. The van der Waals surface area contributed by atoms with E-state index < -0.39 is 17.9 Å². The first-order chi connectivity index (χ1) is 14.3. The minimum atomic E-state index is -1.41. The maximum atomic E-state index is 12.7. The molecule has 2 aromatic carbocycles. The normalized spacial score (nSPS) is 15.0. The summed E-state index contributed by atoms with van der Waals surface area (Å²) in [5.41, 5.74) is 0.656. The van der Waals surface area contributed by atoms with Gasteiger partial charge in [0.25, 0.3) is 5.91 Å². The molecule has 9 heteroatoms. The lowest BCUT2D eigenvalue weighted by Gasteiger charge is -2.11. The summed E-state index contributed by atoms with van der Waals surface area (Å²) < 4.78 is 5.67. The summed E-state index contributed by atoms with van der Waals surface area (Å²) in [4.78, 5) is 37.0. The molecule has 0 spiro atoms. The number of amides is 3. The molecule has 1 aliphatic heterocycles. The van der Waals surface area contributed by atoms with Crippen molar-refractivity contribution < 1.29 is 23.9 Å². The Morgan fingerprint density at radius 3 is 2.60 bits per heavy atom. The molecule has 30 heavy (non-hydrogen) atoms. The van der Waals surface area contributed by atoms with Crippen molar-refractivity contribution in [1.29, 1.82) is 0 Å². The Balaban J connectivity index is 1.62. The van der Waals surface area contributed by atoms with Crippen molar-refractivity contribution in [1.82, 2.24) is 5.32 Å². The number of benzene rings is 2. The molecule has 0 bridgehead atoms. The number of rotatable bonds is 4. The number of carbonyl (C=O) groups is 3. The van der Waals surface area contributed by atoms with E-state index in [2.05, 4.69) is 5.32 Å². The minimum Gasteiger partial charge on any atom is -0.545 e. The van der Waals surface area contributed by atoms with Gasteiger partial charge in [-0.1, -0.05) is 29.3 Å². The predicted molar refractivity (Wildman–Crippen MR) is 109 cm³/mol. The summed E-state index contributed by atoms with van der Waals surface area (Å²) in [7, 11) is 0. The van der Waals surface area contributed by atoms with Crippen LogP contribution in [0.5, 0.6) is 0 Å². The second-order valence-electron chi connectivity index (χ2n) is 6.29. The number of urea groups is 1. The van der Waals surface area contributed by atoms with Crippen molar-refractivity contribution in [2.75, 3.05) is 4.90 Å². The molecule has 3 aromatic rings. The zero-order valence-corrected chi connectivity index (χ0v) is 16.5. The number of carboxylic acids is 1. The van der Waals surface area contributed by atoms with Crippen LogP contribution in [0.2, 0.25) is 10.0 Å². The summed E-state index contributed by atoms with van der Waals surface area (Å²) in [5.74, 6) is -1.34. The molecule has 2 heterocycles. The maximum Gasteiger partial charge on any atom is 0.333 e. The lowest BCUT2D eigenvalue weighted by molar-refractivity contribution is -0.255. The molecule has 0 radical (unpaired) electrons. The number of nitrogens with one attached hydrogen (secondary N) is 1. The SMILES string of the molecule is O=C([O-])c1cc(-c2ccc(/C=C3/NC(=O)N(c4cccc(Cl)c4)C3=O)o2)ccc1Cl. The number of aromatic carboxylic acids is 1. The van der Waals surface area contributed by atoms with Crippen molar-refractivity contribution in [3.8, 4) is 11.3 Å². The summed E-state index contributed by atoms with van der Waals surface area (Å²) in [5, 5.41) is 14.1. The summed E-state index contributed by atoms with van der Waals surface area (Å²) in [6, 6.07) is 13.3. The molecule has 0 aliphatic carbocycles. The van der Waals surface area contributed by atoms with Gasteiger partial charge in [-0.25, -0.2) is 9.69 Å². The van der Waals surface area contributed by atoms with Gasteiger partial charge in [0.15, 0.2) is 0 Å². The summed E-state index contributed by atoms with van der Waals surface area (Å²) in [6.07, 6.45) is 1.38. The third-order valence-corrected chi connectivity index (χ3v) is 4.89. The molecule has 4 rings (SSSR count). The number of imide groups is 1. The number of furan rings is 1. The van der Waals surface area contributed by atoms with Crippen LogP contribution in [-0.2, 0) is 4.79 Å². The Morgan fingerprint density at radius 2 is 1.87 bits per heavy atom. The van der Waals surface area contributed by atoms with Crippen molar-refractivity contribution in [3.05, 3.63) is 81.7 Å². The highest BCUT2D eigenvalue weighted by atomic mass is 35.5. The van der Waals surface area contributed by atoms with Crippen molar-refractivity contribution >= 4 is 52.9 Å². The average molecular weight is 442 g/mol. The van der Waals surface area contributed by atoms with Gasteiger partial charge < -0.3 is 19.6 Å². The molecule has 3 amide bonds. The predicted octanol–water partition coefficient (Wildman–Crippen LogP) is 3.71. The number of carbonyl (C=O) groups excluding carboxylic acids is 3. The molecule has 1 saturated heterocycles. The zero-order chi connectivity index (χ0) is 21.4. The molecule has 7 nitrogen and oxygen atoms in total. The smallest absolute Gasteiger partial charge is 0.333 e. The van der Waals surface area contributed by atoms with E-state index >= 15 is 0 Å². The van der Waals surface area contributed by atoms with Crippen LogP contribution in [0.4, 0.5) is 10.5 Å². The number of nitrogens with zero attached hydrogens (tertiary/aromatic N) is 1. The highest BCUT2D eigenvalue weighted by molar-refractivity contribution is 6.33. The van der Waals surface area contributed by atoms with E-state index in [1.807, 2.05) is 0 Å². The lowest BCUT2D eigenvalue weighted by Crippen LogP contribution is -2.30. The fourth-order valence-electron chi connectivity index (χ4n) is 2.95. The number of hydrogen-bond acceptors (Lipinski definition) is 5. The van der Waals surface area contributed by atoms with Gasteiger partial charge in [-0.15, -0.1) is 0 Å². The Hall–Kier alpha value is -3.55. The third kappa shape index (κ3) is 3.68. The molecular weight excluding hydrogens is 431 g/mol. The number of halogens is 2. The average Bonchev–Trinajstić information content (AvgIpc) is 3.26. The molecule has 1 aliphatic rings. The standard InChI is InChI=1S/C21H12Cl2N2O5/c22-12-2-1-3-13(9-12)25-19(26)17(24-21(25)29)10-14-5-7-18(30-14)11-4-6-16(23)15(8-11)20(27)28/h1-10H,(H,24,29)(H,27,28)/p-1/b17-10+. The largest absolute Gasteiger partial charge is 0.545 e. The van der Waals surface area contributed by atoms with Gasteiger partial charge in [0, 0.05) is 27.2 Å². The topological polar surface area (TPSA) is 103 Å². The molecule has 0 atom stereocenters. The first-order valence-corrected chi connectivity index (χ1v) is 9.33. The zero-order valence-electron chi connectivity index (χ0n) is 15.0. The summed E-state index contributed by atoms with van der Waals surface area (Å²) >= 11 is 11.8. The molecule has 1 aromatic heterocycles. The van der Waals surface area contributed by atoms with E-state index in [9.17, 15) is 19.5 Å². The quantitative estimate of drug-likeness (QED) is 0.490. The second-order valence-corrected chi connectivity index (χ2v) is 7.14. The van der Waals surface area contributed by atoms with Crippen LogP contribution in [0, 0.1) is 0 Å². The van der Waals surface area contributed by atoms with Crippen LogP contribution >= 0.6 is 23.2 Å². The van der Waals surface area contributed by atoms with E-state index in [1.54, 1.807) is 36.4 Å². The molecule has 1 N–H and O–H groups in total. The minimum absolute atomic E-state index is 0.0207. The molecule has 0 saturated carbocycles. The maximum absolute atomic E-state index is 12.7. The third-order valence-electron chi connectivity index (χ3n) is 4.33. The van der Waals surface area contributed by atoms with Crippen LogP contribution in [0.1, 0.15) is 16.1 Å². The molecule has 0 unspecified atom stereocenters. The molecular formula is C21H11Cl2N2O5-. The van der Waals surface area contributed by atoms with Crippen LogP contribution in [0.25, 0.3) is 17.4 Å². The van der Waals surface area contributed by atoms with Crippen LogP contribution < -0.4 is 15.3 Å². The second kappa shape index (κ2) is 7.70. The van der Waals surface area contributed by atoms with Crippen LogP contribution in [-0.4, -0.2) is 17.9 Å². The summed E-state index contributed by atoms with van der Waals surface area (Å²) in [6.45, 7) is 0. The van der Waals surface area contributed by atoms with E-state index in [0.717, 1.165) is 4.90 Å². The Bertz CT molecular complexity index is 1230.